The van der Waals surface area contributed by atoms with E-state index in [-0.39, 0.29) is 82.4 Å². The maximum atomic E-state index is 15.1. The van der Waals surface area contributed by atoms with Crippen LogP contribution in [-0.2, 0) is 64.0 Å². The molecule has 31 heteroatoms. The van der Waals surface area contributed by atoms with E-state index in [1.807, 2.05) is 13.8 Å². The fourth-order valence-electron chi connectivity index (χ4n) is 10.4. The summed E-state index contributed by atoms with van der Waals surface area (Å²) in [7, 11) is 0. The van der Waals surface area contributed by atoms with E-state index < -0.39 is 163 Å². The average molecular weight is 1230 g/mol. The van der Waals surface area contributed by atoms with Crippen LogP contribution in [0.3, 0.4) is 0 Å². The summed E-state index contributed by atoms with van der Waals surface area (Å²) in [5.41, 5.74) is 23.7. The van der Waals surface area contributed by atoms with Crippen molar-refractivity contribution >= 4 is 87.9 Å². The molecule has 0 bridgehead atoms. The molecule has 2 fully saturated rings. The van der Waals surface area contributed by atoms with E-state index in [0.717, 1.165) is 6.92 Å². The molecule has 10 amide bonds. The Hall–Kier alpha value is -8.45. The van der Waals surface area contributed by atoms with E-state index in [9.17, 15) is 73.2 Å². The van der Waals surface area contributed by atoms with Crippen molar-refractivity contribution in [3.8, 4) is 0 Å². The minimum atomic E-state index is -1.91. The van der Waals surface area contributed by atoms with Crippen molar-refractivity contribution in [3.05, 3.63) is 36.0 Å². The number of aliphatic hydroxyl groups excluding tert-OH is 2. The Kier molecular flexibility index (Phi) is 27.3. The number of aliphatic imine (C=N–C) groups is 1. The lowest BCUT2D eigenvalue weighted by Crippen LogP contribution is -2.62. The quantitative estimate of drug-likeness (QED) is 0.0181. The van der Waals surface area contributed by atoms with E-state index in [1.165, 1.54) is 16.7 Å². The number of aromatic amines is 1. The van der Waals surface area contributed by atoms with Gasteiger partial charge in [0.25, 0.3) is 0 Å². The molecule has 2 saturated heterocycles. The van der Waals surface area contributed by atoms with Crippen molar-refractivity contribution in [1.29, 1.82) is 0 Å². The third-order valence-corrected chi connectivity index (χ3v) is 14.8. The third-order valence-electron chi connectivity index (χ3n) is 14.8. The maximum absolute atomic E-state index is 15.1. The number of rotatable bonds is 34. The minimum Gasteiger partial charge on any atom is -0.481 e. The van der Waals surface area contributed by atoms with Gasteiger partial charge in [-0.25, -0.2) is 4.79 Å². The highest BCUT2D eigenvalue weighted by atomic mass is 16.4. The van der Waals surface area contributed by atoms with Crippen LogP contribution in [0.1, 0.15) is 118 Å². The van der Waals surface area contributed by atoms with Crippen molar-refractivity contribution in [2.24, 2.45) is 39.8 Å². The molecule has 4 rings (SSSR count). The number of guanidine groups is 1. The van der Waals surface area contributed by atoms with Gasteiger partial charge in [0.15, 0.2) is 12.0 Å². The van der Waals surface area contributed by atoms with Gasteiger partial charge in [0.2, 0.25) is 59.1 Å². The van der Waals surface area contributed by atoms with Crippen molar-refractivity contribution in [1.82, 2.24) is 52.0 Å². The van der Waals surface area contributed by atoms with Crippen LogP contribution in [0.5, 0.6) is 0 Å². The zero-order valence-electron chi connectivity index (χ0n) is 49.9. The van der Waals surface area contributed by atoms with E-state index in [4.69, 9.17) is 22.9 Å². The van der Waals surface area contributed by atoms with Crippen LogP contribution >= 0.6 is 0 Å². The van der Waals surface area contributed by atoms with Gasteiger partial charge in [-0.1, -0.05) is 45.9 Å². The summed E-state index contributed by atoms with van der Waals surface area (Å²) in [5.74, 6) is -12.6. The molecule has 482 valence electrons. The first-order valence-electron chi connectivity index (χ1n) is 29.1. The minimum absolute atomic E-state index is 0.0193. The summed E-state index contributed by atoms with van der Waals surface area (Å²) in [4.78, 5) is 172. The van der Waals surface area contributed by atoms with Crippen LogP contribution in [0, 0.1) is 11.8 Å². The number of nitrogens with zero attached hydrogens (tertiary/aromatic N) is 3. The summed E-state index contributed by atoms with van der Waals surface area (Å²) in [6.07, 6.45) is -2.63. The molecule has 31 nitrogen and oxygen atoms in total. The molecule has 1 aromatic carbocycles. The molecule has 0 unspecified atom stereocenters. The molecule has 0 spiro atoms. The maximum Gasteiger partial charge on any atom is 0.328 e. The Morgan fingerprint density at radius 3 is 1.76 bits per heavy atom. The Labute approximate surface area is 503 Å². The number of aliphatic hydroxyl groups is 2. The Balaban J connectivity index is 1.62. The highest BCUT2D eigenvalue weighted by molar-refractivity contribution is 6.00. The van der Waals surface area contributed by atoms with Gasteiger partial charge in [0.05, 0.1) is 24.7 Å². The molecular weight excluding hydrogens is 1140 g/mol. The largest absolute Gasteiger partial charge is 0.481 e. The first-order chi connectivity index (χ1) is 40.9. The number of aliphatic carboxylic acids is 2. The first kappa shape index (κ1) is 71.0. The van der Waals surface area contributed by atoms with Crippen LogP contribution in [0.2, 0.25) is 0 Å². The second-order valence-electron chi connectivity index (χ2n) is 23.0. The number of nitrogens with one attached hydrogen (secondary N) is 8. The zero-order chi connectivity index (χ0) is 65.0. The third kappa shape index (κ3) is 21.5. The number of carbonyl (C=O) groups is 12. The number of H-pyrrole nitrogens is 1. The highest BCUT2D eigenvalue weighted by Crippen LogP contribution is 2.28. The first-order valence-corrected chi connectivity index (χ1v) is 29.1. The fraction of sp³-hybridized carbons (Fsp3) is 0.625. The molecular formula is C56H87N15O16. The van der Waals surface area contributed by atoms with Crippen LogP contribution in [0.25, 0.3) is 10.9 Å². The topological polar surface area (TPSA) is 509 Å². The summed E-state index contributed by atoms with van der Waals surface area (Å²) in [5, 5.41) is 58.0. The van der Waals surface area contributed by atoms with Crippen LogP contribution in [0.4, 0.5) is 0 Å². The molecule has 12 atom stereocenters. The molecule has 2 aliphatic rings. The summed E-state index contributed by atoms with van der Waals surface area (Å²) in [6.45, 7) is 9.55. The van der Waals surface area contributed by atoms with E-state index in [2.05, 4.69) is 47.2 Å². The second-order valence-corrected chi connectivity index (χ2v) is 23.0. The molecule has 87 heavy (non-hydrogen) atoms. The average Bonchev–Trinajstić information content (AvgIpc) is 2.13. The van der Waals surface area contributed by atoms with Gasteiger partial charge in [-0.2, -0.15) is 0 Å². The van der Waals surface area contributed by atoms with Gasteiger partial charge in [-0.05, 0) is 95.1 Å². The number of likely N-dealkylation sites (tertiary alicyclic amines) is 2. The highest BCUT2D eigenvalue weighted by Gasteiger charge is 2.45. The number of carboxylic acid groups (broad SMARTS) is 2. The monoisotopic (exact) mass is 1230 g/mol. The standard InChI is InChI=1S/C56H87N15O16/c1-27(2)22-33(57)46(77)63-36(17-18-43(75)76)48(79)64-35(14-9-19-61-56(59)60)47(78)65-38(25-42(58)74)50(81)68-44(29(5)72)52(83)67-39(24-31-26-62-34-13-8-7-12-32(31)34)53(84)71-21-11-16-41(71)54(85)70-20-10-15-40(70)51(82)66-37(23-28(3)4)49(80)69-45(30(6)73)55(86)87/h7-8,12-13,26-30,33,35-41,44-45,62,72-73H,9-11,14-25,57H2,1-6H3,(H2,58,74)(H,63,77)(H,64,79)(H,65,78)(H,66,82)(H,67,83)(H,68,81)(H,69,80)(H,75,76)(H,86,87)(H4,59,60,61)/t29-,30-,33+,35+,36+,37+,38+,39+,40+,41+,44+,45+/m1/s1. The second kappa shape index (κ2) is 33.5. The van der Waals surface area contributed by atoms with Gasteiger partial charge >= 0.3 is 11.9 Å². The number of hydrogen-bond donors (Lipinski definition) is 16. The fourth-order valence-corrected chi connectivity index (χ4v) is 10.4. The van der Waals surface area contributed by atoms with Gasteiger partial charge in [0, 0.05) is 49.6 Å². The van der Waals surface area contributed by atoms with Gasteiger partial charge in [-0.15, -0.1) is 0 Å². The lowest BCUT2D eigenvalue weighted by Gasteiger charge is -2.34. The van der Waals surface area contributed by atoms with Crippen LogP contribution in [0.15, 0.2) is 35.5 Å². The number of para-hydroxylation sites is 1. The number of amides is 10. The summed E-state index contributed by atoms with van der Waals surface area (Å²) < 4.78 is 0. The van der Waals surface area contributed by atoms with Crippen molar-refractivity contribution < 1.29 is 78.0 Å². The molecule has 2 aliphatic heterocycles. The summed E-state index contributed by atoms with van der Waals surface area (Å²) in [6, 6.07) is -7.61. The number of hydrogen-bond acceptors (Lipinski definition) is 16. The van der Waals surface area contributed by atoms with Crippen molar-refractivity contribution in [2.45, 2.75) is 191 Å². The van der Waals surface area contributed by atoms with E-state index >= 15 is 4.79 Å². The molecule has 0 radical (unpaired) electrons. The number of carbonyl (C=O) groups excluding carboxylic acids is 10. The predicted molar refractivity (Wildman–Crippen MR) is 313 cm³/mol. The Bertz CT molecular complexity index is 2820. The SMILES string of the molecule is CC(C)C[C@H](NC(=O)[C@@H]1CCCN1C(=O)[C@@H]1CCCN1C(=O)[C@H](Cc1c[nH]c2ccccc12)NC(=O)[C@@H](NC(=O)[C@H](CC(N)=O)NC(=O)[C@H](CCCN=C(N)N)NC(=O)[C@H](CCC(=O)O)NC(=O)[C@@H](N)CC(C)C)[C@@H](C)O)C(=O)N[C@H](C(=O)O)[C@@H](C)O. The normalized spacial score (nSPS) is 18.3. The number of primary amides is 1. The molecule has 3 heterocycles. The Morgan fingerprint density at radius 1 is 0.632 bits per heavy atom. The van der Waals surface area contributed by atoms with Crippen LogP contribution < -0.4 is 60.2 Å². The van der Waals surface area contributed by atoms with Gasteiger partial charge in [-0.3, -0.25) is 57.7 Å². The van der Waals surface area contributed by atoms with Crippen LogP contribution in [-0.4, -0.2) is 204 Å². The zero-order valence-corrected chi connectivity index (χ0v) is 49.9. The lowest BCUT2D eigenvalue weighted by atomic mass is 10.0. The molecule has 1 aromatic heterocycles. The smallest absolute Gasteiger partial charge is 0.328 e. The van der Waals surface area contributed by atoms with Crippen molar-refractivity contribution in [2.75, 3.05) is 19.6 Å². The van der Waals surface area contributed by atoms with E-state index in [0.29, 0.717) is 29.3 Å². The lowest BCUT2D eigenvalue weighted by molar-refractivity contribution is -0.148. The predicted octanol–water partition coefficient (Wildman–Crippen LogP) is -3.85. The number of benzene rings is 1. The number of nitrogens with two attached hydrogens (primary N) is 4. The van der Waals surface area contributed by atoms with E-state index in [1.54, 1.807) is 44.3 Å². The molecule has 0 saturated carbocycles. The molecule has 2 aromatic rings. The number of fused-ring (bicyclic) bond motifs is 1. The van der Waals surface area contributed by atoms with Gasteiger partial charge in [0.1, 0.15) is 48.3 Å². The number of carboxylic acids is 2. The summed E-state index contributed by atoms with van der Waals surface area (Å²) >= 11 is 0. The molecule has 0 aliphatic carbocycles. The van der Waals surface area contributed by atoms with Gasteiger partial charge < -0.3 is 95.4 Å². The van der Waals surface area contributed by atoms with Crippen molar-refractivity contribution in [3.63, 3.8) is 0 Å². The number of aromatic nitrogens is 1. The Morgan fingerprint density at radius 2 is 1.17 bits per heavy atom. The molecule has 20 N–H and O–H groups in total.